The maximum absolute atomic E-state index is 14.0. The minimum Gasteiger partial charge on any atom is -0.326 e. The lowest BCUT2D eigenvalue weighted by molar-refractivity contribution is -0.119. The molecular weight excluding hydrogens is 259 g/mol. The number of hydrogen-bond donors (Lipinski definition) is 1. The van der Waals surface area contributed by atoms with E-state index in [1.807, 2.05) is 0 Å². The molecule has 0 radical (unpaired) electrons. The molecule has 0 unspecified atom stereocenters. The first kappa shape index (κ1) is 12.8. The Bertz CT molecular complexity index is 606. The van der Waals surface area contributed by atoms with Crippen LogP contribution in [-0.4, -0.2) is 20.7 Å². The standard InChI is InChI=1S/C14H15FN4O/c15-12-7-11(18-14(20)10-3-1-2-4-10)5-6-13(12)19-9-16-8-17-19/h5-10H,1-4H2,(H,18,20). The summed E-state index contributed by atoms with van der Waals surface area (Å²) in [5, 5.41) is 6.65. The van der Waals surface area contributed by atoms with Gasteiger partial charge in [0, 0.05) is 11.6 Å². The Morgan fingerprint density at radius 2 is 2.15 bits per heavy atom. The normalized spacial score (nSPS) is 15.4. The molecule has 1 aromatic heterocycles. The lowest BCUT2D eigenvalue weighted by Crippen LogP contribution is -2.20. The minimum absolute atomic E-state index is 0.0181. The molecule has 1 N–H and O–H groups in total. The highest BCUT2D eigenvalue weighted by molar-refractivity contribution is 5.92. The Morgan fingerprint density at radius 1 is 1.35 bits per heavy atom. The van der Waals surface area contributed by atoms with Crippen molar-refractivity contribution in [2.24, 2.45) is 5.92 Å². The van der Waals surface area contributed by atoms with Gasteiger partial charge in [0.25, 0.3) is 0 Å². The minimum atomic E-state index is -0.445. The third-order valence-electron chi connectivity index (χ3n) is 3.61. The highest BCUT2D eigenvalue weighted by Gasteiger charge is 2.22. The Morgan fingerprint density at radius 3 is 2.80 bits per heavy atom. The van der Waals surface area contributed by atoms with Gasteiger partial charge in [-0.1, -0.05) is 12.8 Å². The van der Waals surface area contributed by atoms with Gasteiger partial charge in [-0.05, 0) is 31.0 Å². The van der Waals surface area contributed by atoms with E-state index in [0.717, 1.165) is 25.7 Å². The second-order valence-electron chi connectivity index (χ2n) is 4.98. The summed E-state index contributed by atoms with van der Waals surface area (Å²) in [7, 11) is 0. The van der Waals surface area contributed by atoms with Gasteiger partial charge in [0.1, 0.15) is 18.3 Å². The van der Waals surface area contributed by atoms with Crippen LogP contribution < -0.4 is 5.32 Å². The first-order valence-electron chi connectivity index (χ1n) is 6.69. The van der Waals surface area contributed by atoms with E-state index in [4.69, 9.17) is 0 Å². The van der Waals surface area contributed by atoms with Crippen LogP contribution in [-0.2, 0) is 4.79 Å². The van der Waals surface area contributed by atoms with Crippen molar-refractivity contribution in [1.82, 2.24) is 14.8 Å². The van der Waals surface area contributed by atoms with Gasteiger partial charge in [-0.15, -0.1) is 0 Å². The summed E-state index contributed by atoms with van der Waals surface area (Å²) < 4.78 is 15.3. The molecule has 0 atom stereocenters. The molecule has 1 aliphatic rings. The number of nitrogens with zero attached hydrogens (tertiary/aromatic N) is 3. The number of carbonyl (C=O) groups is 1. The lowest BCUT2D eigenvalue weighted by atomic mass is 10.1. The third-order valence-corrected chi connectivity index (χ3v) is 3.61. The Labute approximate surface area is 115 Å². The van der Waals surface area contributed by atoms with E-state index in [-0.39, 0.29) is 11.8 Å². The number of amides is 1. The monoisotopic (exact) mass is 274 g/mol. The van der Waals surface area contributed by atoms with Crippen molar-refractivity contribution in [3.8, 4) is 5.69 Å². The number of anilines is 1. The van der Waals surface area contributed by atoms with Gasteiger partial charge < -0.3 is 5.32 Å². The zero-order chi connectivity index (χ0) is 13.9. The van der Waals surface area contributed by atoms with Gasteiger partial charge in [-0.2, -0.15) is 5.10 Å². The van der Waals surface area contributed by atoms with Crippen molar-refractivity contribution in [1.29, 1.82) is 0 Å². The van der Waals surface area contributed by atoms with E-state index in [0.29, 0.717) is 11.4 Å². The number of hydrogen-bond acceptors (Lipinski definition) is 3. The van der Waals surface area contributed by atoms with Gasteiger partial charge >= 0.3 is 0 Å². The molecular formula is C14H15FN4O. The van der Waals surface area contributed by atoms with E-state index in [1.165, 1.54) is 23.4 Å². The third kappa shape index (κ3) is 2.54. The lowest BCUT2D eigenvalue weighted by Gasteiger charge is -2.11. The summed E-state index contributed by atoms with van der Waals surface area (Å²) in [5.41, 5.74) is 0.782. The van der Waals surface area contributed by atoms with E-state index in [9.17, 15) is 9.18 Å². The van der Waals surface area contributed by atoms with Crippen LogP contribution >= 0.6 is 0 Å². The second-order valence-corrected chi connectivity index (χ2v) is 4.98. The number of aromatic nitrogens is 3. The van der Waals surface area contributed by atoms with Crippen LogP contribution in [0.5, 0.6) is 0 Å². The molecule has 3 rings (SSSR count). The molecule has 0 spiro atoms. The molecule has 2 aromatic rings. The van der Waals surface area contributed by atoms with Crippen LogP contribution in [0, 0.1) is 11.7 Å². The predicted molar refractivity (Wildman–Crippen MR) is 71.9 cm³/mol. The molecule has 1 aliphatic carbocycles. The Kier molecular flexibility index (Phi) is 3.45. The number of carbonyl (C=O) groups excluding carboxylic acids is 1. The second kappa shape index (κ2) is 5.40. The maximum Gasteiger partial charge on any atom is 0.227 e. The Balaban J connectivity index is 1.75. The van der Waals surface area contributed by atoms with Gasteiger partial charge in [-0.3, -0.25) is 4.79 Å². The fraction of sp³-hybridized carbons (Fsp3) is 0.357. The number of halogens is 1. The quantitative estimate of drug-likeness (QED) is 0.935. The van der Waals surface area contributed by atoms with Crippen LogP contribution in [0.2, 0.25) is 0 Å². The fourth-order valence-electron chi connectivity index (χ4n) is 2.54. The average Bonchev–Trinajstić information content (AvgIpc) is 3.12. The molecule has 1 heterocycles. The van der Waals surface area contributed by atoms with E-state index in [1.54, 1.807) is 12.1 Å². The largest absolute Gasteiger partial charge is 0.326 e. The summed E-state index contributed by atoms with van der Waals surface area (Å²) in [4.78, 5) is 15.8. The molecule has 6 heteroatoms. The van der Waals surface area contributed by atoms with Crippen LogP contribution in [0.1, 0.15) is 25.7 Å². The molecule has 0 saturated heterocycles. The van der Waals surface area contributed by atoms with Gasteiger partial charge in [0.15, 0.2) is 5.82 Å². The zero-order valence-corrected chi connectivity index (χ0v) is 10.9. The van der Waals surface area contributed by atoms with Gasteiger partial charge in [0.05, 0.1) is 0 Å². The van der Waals surface area contributed by atoms with Crippen LogP contribution in [0.15, 0.2) is 30.9 Å². The number of nitrogens with one attached hydrogen (secondary N) is 1. The van der Waals surface area contributed by atoms with Crippen molar-refractivity contribution < 1.29 is 9.18 Å². The number of rotatable bonds is 3. The van der Waals surface area contributed by atoms with E-state index >= 15 is 0 Å². The van der Waals surface area contributed by atoms with Crippen LogP contribution in [0.4, 0.5) is 10.1 Å². The van der Waals surface area contributed by atoms with Crippen molar-refractivity contribution in [2.45, 2.75) is 25.7 Å². The molecule has 5 nitrogen and oxygen atoms in total. The van der Waals surface area contributed by atoms with Crippen LogP contribution in [0.3, 0.4) is 0 Å². The summed E-state index contributed by atoms with van der Waals surface area (Å²) in [5.74, 6) is -0.400. The molecule has 0 aliphatic heterocycles. The topological polar surface area (TPSA) is 59.8 Å². The van der Waals surface area contributed by atoms with Crippen molar-refractivity contribution >= 4 is 11.6 Å². The average molecular weight is 274 g/mol. The molecule has 0 bridgehead atoms. The summed E-state index contributed by atoms with van der Waals surface area (Å²) in [6.07, 6.45) is 6.80. The molecule has 1 amide bonds. The molecule has 20 heavy (non-hydrogen) atoms. The van der Waals surface area contributed by atoms with E-state index < -0.39 is 5.82 Å². The smallest absolute Gasteiger partial charge is 0.227 e. The van der Waals surface area contributed by atoms with Gasteiger partial charge in [0.2, 0.25) is 5.91 Å². The highest BCUT2D eigenvalue weighted by atomic mass is 19.1. The van der Waals surface area contributed by atoms with Crippen molar-refractivity contribution in [3.63, 3.8) is 0 Å². The van der Waals surface area contributed by atoms with E-state index in [2.05, 4.69) is 15.4 Å². The molecule has 1 fully saturated rings. The first-order chi connectivity index (χ1) is 9.74. The number of benzene rings is 1. The summed E-state index contributed by atoms with van der Waals surface area (Å²) >= 11 is 0. The van der Waals surface area contributed by atoms with Crippen molar-refractivity contribution in [2.75, 3.05) is 5.32 Å². The SMILES string of the molecule is O=C(Nc1ccc(-n2cncn2)c(F)c1)C1CCCC1. The molecule has 1 saturated carbocycles. The maximum atomic E-state index is 14.0. The fourth-order valence-corrected chi connectivity index (χ4v) is 2.54. The molecule has 1 aromatic carbocycles. The Hall–Kier alpha value is -2.24. The van der Waals surface area contributed by atoms with Crippen molar-refractivity contribution in [3.05, 3.63) is 36.7 Å². The first-order valence-corrected chi connectivity index (χ1v) is 6.69. The summed E-state index contributed by atoms with van der Waals surface area (Å²) in [6.45, 7) is 0. The van der Waals surface area contributed by atoms with Gasteiger partial charge in [-0.25, -0.2) is 14.1 Å². The highest BCUT2D eigenvalue weighted by Crippen LogP contribution is 2.26. The zero-order valence-electron chi connectivity index (χ0n) is 10.9. The predicted octanol–water partition coefficient (Wildman–Crippen LogP) is 2.54. The van der Waals surface area contributed by atoms with Crippen LogP contribution in [0.25, 0.3) is 5.69 Å². The summed E-state index contributed by atoms with van der Waals surface area (Å²) in [6, 6.07) is 4.56. The molecule has 104 valence electrons.